The lowest BCUT2D eigenvalue weighted by Gasteiger charge is -2.23. The molecule has 8 heteroatoms. The number of fused-ring (bicyclic) bond motifs is 3. The summed E-state index contributed by atoms with van der Waals surface area (Å²) in [6, 6.07) is 12.1. The van der Waals surface area contributed by atoms with Crippen molar-refractivity contribution >= 4 is 57.5 Å². The summed E-state index contributed by atoms with van der Waals surface area (Å²) in [5.74, 6) is 1.16. The first kappa shape index (κ1) is 21.8. The quantitative estimate of drug-likeness (QED) is 0.288. The van der Waals surface area contributed by atoms with Crippen LogP contribution in [0, 0.1) is 0 Å². The Bertz CT molecular complexity index is 1370. The molecule has 0 bridgehead atoms. The third-order valence-corrected chi connectivity index (χ3v) is 7.09. The number of rotatable bonds is 5. The molecule has 0 aliphatic carbocycles. The van der Waals surface area contributed by atoms with Crippen molar-refractivity contribution in [2.45, 2.75) is 24.7 Å². The van der Waals surface area contributed by atoms with Crippen molar-refractivity contribution in [3.8, 4) is 0 Å². The van der Waals surface area contributed by atoms with Gasteiger partial charge < -0.3 is 14.8 Å². The summed E-state index contributed by atoms with van der Waals surface area (Å²) in [6.07, 6.45) is 7.66. The van der Waals surface area contributed by atoms with Gasteiger partial charge in [0, 0.05) is 41.8 Å². The number of amides is 1. The zero-order valence-electron chi connectivity index (χ0n) is 18.7. The van der Waals surface area contributed by atoms with Gasteiger partial charge >= 0.3 is 0 Å². The molecule has 0 atom stereocenters. The number of aryl methyl sites for hydroxylation is 2. The van der Waals surface area contributed by atoms with Gasteiger partial charge in [0.05, 0.1) is 11.3 Å². The van der Waals surface area contributed by atoms with E-state index in [2.05, 4.69) is 40.6 Å². The van der Waals surface area contributed by atoms with Gasteiger partial charge in [0.2, 0.25) is 0 Å². The van der Waals surface area contributed by atoms with Crippen molar-refractivity contribution in [3.05, 3.63) is 70.6 Å². The van der Waals surface area contributed by atoms with Gasteiger partial charge in [-0.05, 0) is 61.4 Å². The molecule has 0 spiro atoms. The van der Waals surface area contributed by atoms with Crippen molar-refractivity contribution in [3.63, 3.8) is 0 Å². The van der Waals surface area contributed by atoms with E-state index in [4.69, 9.17) is 16.6 Å². The molecule has 0 saturated heterocycles. The van der Waals surface area contributed by atoms with E-state index < -0.39 is 0 Å². The smallest absolute Gasteiger partial charge is 0.261 e. The minimum absolute atomic E-state index is 0.0990. The molecule has 33 heavy (non-hydrogen) atoms. The molecule has 3 aromatic heterocycles. The number of carbonyl (C=O) groups is 1. The van der Waals surface area contributed by atoms with Gasteiger partial charge in [-0.2, -0.15) is 0 Å². The van der Waals surface area contributed by atoms with Crippen LogP contribution in [0.15, 0.2) is 53.7 Å². The van der Waals surface area contributed by atoms with E-state index in [9.17, 15) is 4.79 Å². The molecule has 5 rings (SSSR count). The molecule has 1 aliphatic heterocycles. The lowest BCUT2D eigenvalue weighted by molar-refractivity contribution is 0.0994. The van der Waals surface area contributed by atoms with Gasteiger partial charge in [-0.15, -0.1) is 11.8 Å². The van der Waals surface area contributed by atoms with E-state index in [1.807, 2.05) is 30.2 Å². The first-order chi connectivity index (χ1) is 16.0. The van der Waals surface area contributed by atoms with E-state index in [-0.39, 0.29) is 5.91 Å². The Labute approximate surface area is 202 Å². The number of hydrogen-bond donors (Lipinski definition) is 1. The van der Waals surface area contributed by atoms with Crippen LogP contribution in [0.1, 0.15) is 28.4 Å². The maximum absolute atomic E-state index is 13.3. The standard InChI is InChI=1S/C25H24ClN5OS/c1-4-31-23-18(25(32)30(2)20-9-10-22(26)29-24(20)31)11-16(13-28-23)6-5-15-7-8-17-19(12-15)27-14-21(17)33-3/h7-14,27H,4-6H2,1-3H3. The summed E-state index contributed by atoms with van der Waals surface area (Å²) in [5.41, 5.74) is 4.72. The Kier molecular flexibility index (Phi) is 5.76. The van der Waals surface area contributed by atoms with Gasteiger partial charge in [0.1, 0.15) is 11.0 Å². The topological polar surface area (TPSA) is 65.1 Å². The van der Waals surface area contributed by atoms with Gasteiger partial charge in [-0.3, -0.25) is 4.79 Å². The van der Waals surface area contributed by atoms with E-state index in [0.29, 0.717) is 28.9 Å². The van der Waals surface area contributed by atoms with Crippen LogP contribution in [0.4, 0.5) is 17.3 Å². The molecular weight excluding hydrogens is 454 g/mol. The monoisotopic (exact) mass is 477 g/mol. The van der Waals surface area contributed by atoms with Gasteiger partial charge in [0.25, 0.3) is 5.91 Å². The van der Waals surface area contributed by atoms with E-state index >= 15 is 0 Å². The molecule has 1 aromatic carbocycles. The maximum atomic E-state index is 13.3. The van der Waals surface area contributed by atoms with Gasteiger partial charge in [-0.25, -0.2) is 9.97 Å². The average molecular weight is 478 g/mol. The van der Waals surface area contributed by atoms with Crippen molar-refractivity contribution in [1.82, 2.24) is 15.0 Å². The Hall–Kier alpha value is -3.03. The van der Waals surface area contributed by atoms with E-state index in [1.165, 1.54) is 15.8 Å². The summed E-state index contributed by atoms with van der Waals surface area (Å²) < 4.78 is 0. The zero-order valence-corrected chi connectivity index (χ0v) is 20.3. The summed E-state index contributed by atoms with van der Waals surface area (Å²) in [4.78, 5) is 30.7. The highest BCUT2D eigenvalue weighted by Gasteiger charge is 2.30. The highest BCUT2D eigenvalue weighted by atomic mass is 35.5. The zero-order chi connectivity index (χ0) is 23.1. The summed E-state index contributed by atoms with van der Waals surface area (Å²) in [7, 11) is 1.76. The molecule has 4 aromatic rings. The lowest BCUT2D eigenvalue weighted by atomic mass is 10.0. The summed E-state index contributed by atoms with van der Waals surface area (Å²) in [5, 5.41) is 1.64. The van der Waals surface area contributed by atoms with Crippen molar-refractivity contribution < 1.29 is 4.79 Å². The number of H-pyrrole nitrogens is 1. The number of aromatic nitrogens is 3. The van der Waals surface area contributed by atoms with Crippen molar-refractivity contribution in [2.24, 2.45) is 0 Å². The van der Waals surface area contributed by atoms with Crippen LogP contribution in [0.5, 0.6) is 0 Å². The Morgan fingerprint density at radius 2 is 1.91 bits per heavy atom. The predicted octanol–water partition coefficient (Wildman–Crippen LogP) is 5.87. The molecule has 1 amide bonds. The number of carbonyl (C=O) groups excluding carboxylic acids is 1. The van der Waals surface area contributed by atoms with Crippen molar-refractivity contribution in [1.29, 1.82) is 0 Å². The second kappa shape index (κ2) is 8.72. The van der Waals surface area contributed by atoms with E-state index in [1.54, 1.807) is 29.8 Å². The van der Waals surface area contributed by atoms with Crippen LogP contribution in [-0.4, -0.2) is 40.7 Å². The van der Waals surface area contributed by atoms with Crippen LogP contribution in [0.2, 0.25) is 5.15 Å². The number of pyridine rings is 2. The second-order valence-corrected chi connectivity index (χ2v) is 9.27. The Balaban J connectivity index is 1.45. The normalized spacial score (nSPS) is 13.3. The number of benzene rings is 1. The molecule has 1 aliphatic rings. The average Bonchev–Trinajstić information content (AvgIpc) is 3.22. The highest BCUT2D eigenvalue weighted by Crippen LogP contribution is 2.38. The number of nitrogens with one attached hydrogen (secondary N) is 1. The number of thioether (sulfide) groups is 1. The fourth-order valence-corrected chi connectivity index (χ4v) is 5.06. The molecule has 168 valence electrons. The second-order valence-electron chi connectivity index (χ2n) is 8.04. The number of aromatic amines is 1. The molecule has 4 heterocycles. The van der Waals surface area contributed by atoms with Crippen LogP contribution in [-0.2, 0) is 12.8 Å². The van der Waals surface area contributed by atoms with Crippen molar-refractivity contribution in [2.75, 3.05) is 29.6 Å². The third-order valence-electron chi connectivity index (χ3n) is 6.10. The fourth-order valence-electron chi connectivity index (χ4n) is 4.34. The predicted molar refractivity (Wildman–Crippen MR) is 136 cm³/mol. The third kappa shape index (κ3) is 3.85. The van der Waals surface area contributed by atoms with Gasteiger partial charge in [-0.1, -0.05) is 23.7 Å². The lowest BCUT2D eigenvalue weighted by Crippen LogP contribution is -2.25. The maximum Gasteiger partial charge on any atom is 0.261 e. The molecule has 0 fully saturated rings. The van der Waals surface area contributed by atoms with Gasteiger partial charge in [0.15, 0.2) is 5.82 Å². The Morgan fingerprint density at radius 1 is 1.09 bits per heavy atom. The molecular formula is C25H24ClN5OS. The molecule has 0 unspecified atom stereocenters. The number of nitrogens with zero attached hydrogens (tertiary/aromatic N) is 4. The minimum atomic E-state index is -0.0990. The van der Waals surface area contributed by atoms with Crippen LogP contribution in [0.25, 0.3) is 10.9 Å². The van der Waals surface area contributed by atoms with E-state index in [0.717, 1.165) is 29.6 Å². The summed E-state index contributed by atoms with van der Waals surface area (Å²) >= 11 is 7.91. The number of halogens is 1. The van der Waals surface area contributed by atoms with Crippen LogP contribution >= 0.6 is 23.4 Å². The minimum Gasteiger partial charge on any atom is -0.360 e. The molecule has 1 N–H and O–H groups in total. The Morgan fingerprint density at radius 3 is 2.70 bits per heavy atom. The first-order valence-corrected chi connectivity index (χ1v) is 12.5. The molecule has 0 radical (unpaired) electrons. The largest absolute Gasteiger partial charge is 0.360 e. The SMILES string of the molecule is CCN1c2ncc(CCc3ccc4c(SC)c[nH]c4c3)cc2C(=O)N(C)c2ccc(Cl)nc21. The molecule has 0 saturated carbocycles. The number of hydrogen-bond acceptors (Lipinski definition) is 5. The highest BCUT2D eigenvalue weighted by molar-refractivity contribution is 7.98. The fraction of sp³-hybridized carbons (Fsp3) is 0.240. The van der Waals surface area contributed by atoms with Crippen LogP contribution < -0.4 is 9.80 Å². The summed E-state index contributed by atoms with van der Waals surface area (Å²) in [6.45, 7) is 2.63. The molecule has 6 nitrogen and oxygen atoms in total. The first-order valence-electron chi connectivity index (χ1n) is 10.8. The number of anilines is 3. The van der Waals surface area contributed by atoms with Crippen LogP contribution in [0.3, 0.4) is 0 Å².